The Morgan fingerprint density at radius 1 is 1.67 bits per heavy atom. The lowest BCUT2D eigenvalue weighted by Gasteiger charge is -2.29. The average Bonchev–Trinajstić information content (AvgIpc) is 2.76. The average molecular weight is 270 g/mol. The van der Waals surface area contributed by atoms with Gasteiger partial charge in [0, 0.05) is 23.3 Å². The van der Waals surface area contributed by atoms with E-state index in [2.05, 4.69) is 12.2 Å². The van der Waals surface area contributed by atoms with Crippen molar-refractivity contribution in [2.45, 2.75) is 39.3 Å². The van der Waals surface area contributed by atoms with Gasteiger partial charge in [0.25, 0.3) is 0 Å². The first kappa shape index (κ1) is 15.1. The van der Waals surface area contributed by atoms with Gasteiger partial charge in [-0.25, -0.2) is 0 Å². The molecule has 0 spiro atoms. The normalized spacial score (nSPS) is 16.2. The van der Waals surface area contributed by atoms with Crippen molar-refractivity contribution in [3.8, 4) is 0 Å². The van der Waals surface area contributed by atoms with Crippen LogP contribution >= 0.6 is 11.3 Å². The molecule has 0 aliphatic rings. The lowest BCUT2D eigenvalue weighted by atomic mass is 9.89. The van der Waals surface area contributed by atoms with Crippen LogP contribution < -0.4 is 11.1 Å². The molecular weight excluding hydrogens is 248 g/mol. The molecule has 0 aliphatic carbocycles. The second-order valence-corrected chi connectivity index (χ2v) is 5.93. The number of hydrogen-bond donors (Lipinski definition) is 3. The molecule has 0 radical (unpaired) electrons. The van der Waals surface area contributed by atoms with E-state index in [1.54, 1.807) is 11.4 Å². The third kappa shape index (κ3) is 4.08. The molecule has 0 bridgehead atoms. The van der Waals surface area contributed by atoms with Gasteiger partial charge >= 0.3 is 0 Å². The number of nitrogens with one attached hydrogen (secondary N) is 1. The van der Waals surface area contributed by atoms with Crippen molar-refractivity contribution >= 4 is 17.2 Å². The molecule has 1 rings (SSSR count). The minimum Gasteiger partial charge on any atom is -0.389 e. The van der Waals surface area contributed by atoms with Crippen LogP contribution in [-0.2, 0) is 6.54 Å². The van der Waals surface area contributed by atoms with Crippen LogP contribution in [0.25, 0.3) is 0 Å². The van der Waals surface area contributed by atoms with E-state index in [1.165, 1.54) is 11.3 Å². The van der Waals surface area contributed by atoms with Crippen LogP contribution in [0.2, 0.25) is 0 Å². The zero-order chi connectivity index (χ0) is 13.8. The Balaban J connectivity index is 2.43. The molecule has 0 saturated heterocycles. The van der Waals surface area contributed by atoms with Gasteiger partial charge in [-0.1, -0.05) is 20.3 Å². The summed E-state index contributed by atoms with van der Waals surface area (Å²) in [6.45, 7) is 7.13. The fraction of sp³-hybridized carbons (Fsp3) is 0.615. The topological polar surface area (TPSA) is 75.3 Å². The minimum absolute atomic E-state index is 0.245. The van der Waals surface area contributed by atoms with E-state index in [-0.39, 0.29) is 5.92 Å². The van der Waals surface area contributed by atoms with Gasteiger partial charge in [-0.2, -0.15) is 0 Å². The molecule has 1 aromatic rings. The first-order valence-electron chi connectivity index (χ1n) is 6.17. The van der Waals surface area contributed by atoms with E-state index in [9.17, 15) is 9.90 Å². The quantitative estimate of drug-likeness (QED) is 0.706. The van der Waals surface area contributed by atoms with Gasteiger partial charge in [-0.15, -0.1) is 11.3 Å². The molecule has 102 valence electrons. The van der Waals surface area contributed by atoms with Crippen molar-refractivity contribution in [3.63, 3.8) is 0 Å². The molecule has 4 nitrogen and oxygen atoms in total. The second kappa shape index (κ2) is 6.31. The summed E-state index contributed by atoms with van der Waals surface area (Å²) in [5.41, 5.74) is 5.03. The van der Waals surface area contributed by atoms with E-state index in [1.807, 2.05) is 13.8 Å². The molecule has 2 unspecified atom stereocenters. The second-order valence-electron chi connectivity index (χ2n) is 4.94. The third-order valence-electron chi connectivity index (χ3n) is 3.39. The van der Waals surface area contributed by atoms with Crippen molar-refractivity contribution in [3.05, 3.63) is 21.9 Å². The molecule has 1 aromatic heterocycles. The maximum absolute atomic E-state index is 10.9. The van der Waals surface area contributed by atoms with Crippen LogP contribution in [0.3, 0.4) is 0 Å². The molecule has 0 fully saturated rings. The molecule has 0 aliphatic heterocycles. The predicted octanol–water partition coefficient (Wildman–Crippen LogP) is 1.73. The highest BCUT2D eigenvalue weighted by atomic mass is 32.1. The number of aliphatic hydroxyl groups is 1. The van der Waals surface area contributed by atoms with Crippen LogP contribution in [0.15, 0.2) is 11.4 Å². The van der Waals surface area contributed by atoms with Crippen LogP contribution in [0.4, 0.5) is 0 Å². The van der Waals surface area contributed by atoms with Crippen molar-refractivity contribution in [1.29, 1.82) is 0 Å². The summed E-state index contributed by atoms with van der Waals surface area (Å²) >= 11 is 1.50. The highest BCUT2D eigenvalue weighted by Gasteiger charge is 2.26. The Kier molecular flexibility index (Phi) is 5.31. The number of nitrogens with two attached hydrogens (primary N) is 1. The SMILES string of the molecule is CCC(C)C(C)(O)CNCc1cc(C(N)=O)cs1. The van der Waals surface area contributed by atoms with E-state index < -0.39 is 11.5 Å². The molecule has 1 amide bonds. The Labute approximate surface area is 112 Å². The lowest BCUT2D eigenvalue weighted by molar-refractivity contribution is 0.00539. The number of thiophene rings is 1. The molecule has 5 heteroatoms. The van der Waals surface area contributed by atoms with Gasteiger partial charge in [0.2, 0.25) is 5.91 Å². The van der Waals surface area contributed by atoms with Crippen molar-refractivity contribution in [1.82, 2.24) is 5.32 Å². The fourth-order valence-electron chi connectivity index (χ4n) is 1.66. The van der Waals surface area contributed by atoms with Crippen LogP contribution in [0, 0.1) is 5.92 Å². The zero-order valence-corrected chi connectivity index (χ0v) is 12.0. The van der Waals surface area contributed by atoms with Gasteiger partial charge in [0.1, 0.15) is 0 Å². The molecule has 0 saturated carbocycles. The first-order chi connectivity index (χ1) is 8.36. The minimum atomic E-state index is -0.710. The monoisotopic (exact) mass is 270 g/mol. The Morgan fingerprint density at radius 2 is 2.33 bits per heavy atom. The van der Waals surface area contributed by atoms with Crippen molar-refractivity contribution in [2.24, 2.45) is 11.7 Å². The molecule has 2 atom stereocenters. The number of primary amides is 1. The summed E-state index contributed by atoms with van der Waals surface area (Å²) in [7, 11) is 0. The van der Waals surface area contributed by atoms with Gasteiger partial charge in [-0.05, 0) is 18.9 Å². The van der Waals surface area contributed by atoms with Gasteiger partial charge < -0.3 is 16.2 Å². The van der Waals surface area contributed by atoms with Gasteiger partial charge in [0.15, 0.2) is 0 Å². The van der Waals surface area contributed by atoms with Crippen molar-refractivity contribution in [2.75, 3.05) is 6.54 Å². The number of carbonyl (C=O) groups excluding carboxylic acids is 1. The molecule has 1 heterocycles. The largest absolute Gasteiger partial charge is 0.389 e. The standard InChI is InChI=1S/C13H22N2O2S/c1-4-9(2)13(3,17)8-15-6-11-5-10(7-18-11)12(14)16/h5,7,9,15,17H,4,6,8H2,1-3H3,(H2,14,16). The smallest absolute Gasteiger partial charge is 0.249 e. The van der Waals surface area contributed by atoms with Gasteiger partial charge in [0.05, 0.1) is 11.2 Å². The maximum Gasteiger partial charge on any atom is 0.249 e. The Hall–Kier alpha value is -0.910. The van der Waals surface area contributed by atoms with Crippen LogP contribution in [0.5, 0.6) is 0 Å². The van der Waals surface area contributed by atoms with E-state index in [4.69, 9.17) is 5.73 Å². The van der Waals surface area contributed by atoms with Crippen molar-refractivity contribution < 1.29 is 9.90 Å². The van der Waals surface area contributed by atoms with E-state index in [0.717, 1.165) is 11.3 Å². The van der Waals surface area contributed by atoms with Crippen LogP contribution in [-0.4, -0.2) is 23.2 Å². The fourth-order valence-corrected chi connectivity index (χ4v) is 2.50. The summed E-state index contributed by atoms with van der Waals surface area (Å²) in [6.07, 6.45) is 0.944. The summed E-state index contributed by atoms with van der Waals surface area (Å²) in [4.78, 5) is 12.0. The first-order valence-corrected chi connectivity index (χ1v) is 7.05. The summed E-state index contributed by atoms with van der Waals surface area (Å²) in [5.74, 6) is -0.154. The highest BCUT2D eigenvalue weighted by molar-refractivity contribution is 7.10. The predicted molar refractivity (Wildman–Crippen MR) is 74.6 cm³/mol. The molecular formula is C13H22N2O2S. The van der Waals surface area contributed by atoms with Crippen LogP contribution in [0.1, 0.15) is 42.4 Å². The zero-order valence-electron chi connectivity index (χ0n) is 11.2. The summed E-state index contributed by atoms with van der Waals surface area (Å²) < 4.78 is 0. The number of carbonyl (C=O) groups is 1. The number of rotatable bonds is 7. The maximum atomic E-state index is 10.9. The lowest BCUT2D eigenvalue weighted by Crippen LogP contribution is -2.42. The Morgan fingerprint density at radius 3 is 2.83 bits per heavy atom. The van der Waals surface area contributed by atoms with E-state index >= 15 is 0 Å². The number of amides is 1. The molecule has 4 N–H and O–H groups in total. The highest BCUT2D eigenvalue weighted by Crippen LogP contribution is 2.19. The van der Waals surface area contributed by atoms with Gasteiger partial charge in [-0.3, -0.25) is 4.79 Å². The summed E-state index contributed by atoms with van der Waals surface area (Å²) in [6, 6.07) is 1.79. The summed E-state index contributed by atoms with van der Waals surface area (Å²) in [5, 5.41) is 15.2. The Bertz CT molecular complexity index is 401. The molecule has 0 aromatic carbocycles. The number of hydrogen-bond acceptors (Lipinski definition) is 4. The third-order valence-corrected chi connectivity index (χ3v) is 4.33. The molecule has 18 heavy (non-hydrogen) atoms. The van der Waals surface area contributed by atoms with E-state index in [0.29, 0.717) is 18.7 Å².